The van der Waals surface area contributed by atoms with Crippen LogP contribution in [0.15, 0.2) is 140 Å². The van der Waals surface area contributed by atoms with Crippen molar-refractivity contribution in [3.05, 3.63) is 162 Å². The Bertz CT molecular complexity index is 1350. The van der Waals surface area contributed by atoms with Crippen LogP contribution in [0.5, 0.6) is 0 Å². The molecule has 4 aromatic rings. The smallest absolute Gasteiger partial charge is 1.00 e. The fraction of sp³-hybridized carbons (Fsp3) is 0.0588. The van der Waals surface area contributed by atoms with Gasteiger partial charge in [-0.2, -0.15) is 0 Å². The molecule has 0 bridgehead atoms. The van der Waals surface area contributed by atoms with E-state index in [1.165, 1.54) is 44.5 Å². The van der Waals surface area contributed by atoms with Crippen LogP contribution in [-0.2, 0) is 23.2 Å². The van der Waals surface area contributed by atoms with Gasteiger partial charge in [-0.3, -0.25) is 0 Å². The summed E-state index contributed by atoms with van der Waals surface area (Å²) in [6.07, 6.45) is 7.10. The molecular weight excluding hydrogens is 571 g/mol. The summed E-state index contributed by atoms with van der Waals surface area (Å²) in [5, 5.41) is 0. The van der Waals surface area contributed by atoms with Crippen LogP contribution in [0.3, 0.4) is 0 Å². The first-order chi connectivity index (χ1) is 17.4. The van der Waals surface area contributed by atoms with Crippen molar-refractivity contribution in [2.45, 2.75) is 12.8 Å². The SMILES string of the molecule is C1=[C]([Zr+2][C]2=CCC(c3ccccc3)=C2c2ccccc2)C(c2ccccc2)=C(c2ccccc2)C1.[Cl-].[Cl-]. The minimum atomic E-state index is -1.05. The second-order valence-corrected chi connectivity index (χ2v) is 12.2. The summed E-state index contributed by atoms with van der Waals surface area (Å²) >= 11 is -1.05. The van der Waals surface area contributed by atoms with E-state index in [9.17, 15) is 0 Å². The van der Waals surface area contributed by atoms with Crippen molar-refractivity contribution in [1.29, 1.82) is 0 Å². The molecule has 0 unspecified atom stereocenters. The molecule has 0 radical (unpaired) electrons. The minimum Gasteiger partial charge on any atom is -1.00 e. The van der Waals surface area contributed by atoms with Crippen LogP contribution in [0, 0.1) is 0 Å². The van der Waals surface area contributed by atoms with Gasteiger partial charge in [0.15, 0.2) is 0 Å². The van der Waals surface area contributed by atoms with E-state index in [1.807, 2.05) is 0 Å². The molecule has 0 saturated heterocycles. The predicted octanol–water partition coefficient (Wildman–Crippen LogP) is 2.87. The second kappa shape index (κ2) is 12.7. The molecule has 0 atom stereocenters. The van der Waals surface area contributed by atoms with Crippen LogP contribution in [0.25, 0.3) is 22.3 Å². The molecule has 2 aliphatic carbocycles. The van der Waals surface area contributed by atoms with Gasteiger partial charge in [0.2, 0.25) is 0 Å². The van der Waals surface area contributed by atoms with Crippen LogP contribution in [-0.4, -0.2) is 0 Å². The Morgan fingerprint density at radius 2 is 0.676 bits per heavy atom. The van der Waals surface area contributed by atoms with Gasteiger partial charge in [-0.25, -0.2) is 0 Å². The first-order valence-corrected chi connectivity index (χ1v) is 14.7. The van der Waals surface area contributed by atoms with E-state index in [0.717, 1.165) is 12.8 Å². The third-order valence-electron chi connectivity index (χ3n) is 6.80. The van der Waals surface area contributed by atoms with Crippen LogP contribution >= 0.6 is 0 Å². The normalized spacial score (nSPS) is 14.4. The van der Waals surface area contributed by atoms with Crippen molar-refractivity contribution in [2.75, 3.05) is 0 Å². The molecule has 4 aromatic carbocycles. The fourth-order valence-corrected chi connectivity index (χ4v) is 8.97. The predicted molar refractivity (Wildman–Crippen MR) is 145 cm³/mol. The Morgan fingerprint density at radius 3 is 1.00 bits per heavy atom. The van der Waals surface area contributed by atoms with E-state index in [2.05, 4.69) is 133 Å². The number of hydrogen-bond acceptors (Lipinski definition) is 0. The van der Waals surface area contributed by atoms with Crippen LogP contribution in [0.1, 0.15) is 35.1 Å². The standard InChI is InChI=1S/2C17H13.2ClH.Zr/c2*1-3-8-14(9-4-1)16-12-7-13-17(16)15-10-5-2-6-11-15;;;/h2*1-11H,12H2;2*1H;/q;;;;+2/p-2. The molecule has 2 aliphatic rings. The van der Waals surface area contributed by atoms with Gasteiger partial charge in [-0.1, -0.05) is 0 Å². The molecule has 0 saturated carbocycles. The Labute approximate surface area is 243 Å². The molecule has 0 spiro atoms. The third kappa shape index (κ3) is 5.75. The summed E-state index contributed by atoms with van der Waals surface area (Å²) < 4.78 is 3.21. The van der Waals surface area contributed by atoms with Crippen LogP contribution in [0.4, 0.5) is 0 Å². The monoisotopic (exact) mass is 594 g/mol. The Kier molecular flexibility index (Phi) is 9.39. The molecule has 37 heavy (non-hydrogen) atoms. The molecule has 0 aromatic heterocycles. The first kappa shape index (κ1) is 27.3. The van der Waals surface area contributed by atoms with E-state index >= 15 is 0 Å². The minimum absolute atomic E-state index is 0. The second-order valence-electron chi connectivity index (χ2n) is 8.94. The van der Waals surface area contributed by atoms with E-state index < -0.39 is 23.2 Å². The Hall–Kier alpha value is -2.70. The van der Waals surface area contributed by atoms with E-state index in [0.29, 0.717) is 0 Å². The quantitative estimate of drug-likeness (QED) is 0.321. The van der Waals surface area contributed by atoms with Crippen molar-refractivity contribution < 1.29 is 48.0 Å². The Morgan fingerprint density at radius 1 is 0.378 bits per heavy atom. The molecule has 0 fully saturated rings. The van der Waals surface area contributed by atoms with E-state index in [-0.39, 0.29) is 24.8 Å². The number of hydrogen-bond donors (Lipinski definition) is 0. The van der Waals surface area contributed by atoms with Gasteiger partial charge in [0.1, 0.15) is 0 Å². The summed E-state index contributed by atoms with van der Waals surface area (Å²) in [7, 11) is 0. The molecule has 180 valence electrons. The summed E-state index contributed by atoms with van der Waals surface area (Å²) in [5.74, 6) is 0. The molecule has 0 amide bonds. The van der Waals surface area contributed by atoms with Gasteiger partial charge < -0.3 is 24.8 Å². The summed E-state index contributed by atoms with van der Waals surface area (Å²) in [4.78, 5) is 0. The number of allylic oxidation sites excluding steroid dienone is 8. The van der Waals surface area contributed by atoms with Crippen LogP contribution < -0.4 is 24.8 Å². The molecule has 0 heterocycles. The van der Waals surface area contributed by atoms with Crippen LogP contribution in [0.2, 0.25) is 0 Å². The summed E-state index contributed by atoms with van der Waals surface area (Å²) in [5.41, 5.74) is 11.3. The van der Waals surface area contributed by atoms with Gasteiger partial charge >= 0.3 is 221 Å². The number of benzene rings is 4. The number of rotatable bonds is 6. The molecular formula is C34H26Cl2Zr. The van der Waals surface area contributed by atoms with Gasteiger partial charge in [0.25, 0.3) is 0 Å². The number of halogens is 2. The van der Waals surface area contributed by atoms with Crippen molar-refractivity contribution >= 4 is 22.3 Å². The zero-order chi connectivity index (χ0) is 23.5. The Balaban J connectivity index is 0.00000160. The molecule has 3 heteroatoms. The molecule has 0 aliphatic heterocycles. The van der Waals surface area contributed by atoms with Gasteiger partial charge in [-0.15, -0.1) is 0 Å². The third-order valence-corrected chi connectivity index (χ3v) is 10.4. The largest absolute Gasteiger partial charge is 1.00 e. The van der Waals surface area contributed by atoms with Gasteiger partial charge in [0.05, 0.1) is 0 Å². The summed E-state index contributed by atoms with van der Waals surface area (Å²) in [6, 6.07) is 43.9. The average Bonchev–Trinajstić information content (AvgIpc) is 3.55. The maximum absolute atomic E-state index is 2.53. The summed E-state index contributed by atoms with van der Waals surface area (Å²) in [6.45, 7) is 0. The van der Waals surface area contributed by atoms with Crippen molar-refractivity contribution in [2.24, 2.45) is 0 Å². The van der Waals surface area contributed by atoms with Gasteiger partial charge in [0, 0.05) is 0 Å². The average molecular weight is 597 g/mol. The van der Waals surface area contributed by atoms with E-state index in [1.54, 1.807) is 6.56 Å². The topological polar surface area (TPSA) is 0 Å². The maximum Gasteiger partial charge on any atom is -1.00 e. The molecule has 6 rings (SSSR count). The zero-order valence-corrected chi connectivity index (χ0v) is 24.3. The van der Waals surface area contributed by atoms with Crippen molar-refractivity contribution in [1.82, 2.24) is 0 Å². The van der Waals surface area contributed by atoms with Crippen molar-refractivity contribution in [3.63, 3.8) is 0 Å². The molecule has 0 N–H and O–H groups in total. The first-order valence-electron chi connectivity index (χ1n) is 12.2. The maximum atomic E-state index is 2.53. The zero-order valence-electron chi connectivity index (χ0n) is 20.4. The van der Waals surface area contributed by atoms with E-state index in [4.69, 9.17) is 0 Å². The van der Waals surface area contributed by atoms with Gasteiger partial charge in [-0.05, 0) is 0 Å². The fourth-order valence-electron chi connectivity index (χ4n) is 5.19. The van der Waals surface area contributed by atoms with Crippen molar-refractivity contribution in [3.8, 4) is 0 Å². The molecule has 0 nitrogen and oxygen atoms in total.